The van der Waals surface area contributed by atoms with Crippen LogP contribution in [0.1, 0.15) is 29.4 Å². The van der Waals surface area contributed by atoms with Crippen molar-refractivity contribution in [1.82, 2.24) is 5.16 Å². The molecule has 0 aliphatic carbocycles. The Hall–Kier alpha value is -1.95. The number of nitrogens with one attached hydrogen (secondary N) is 1. The number of nitrogens with zero attached hydrogens (tertiary/aromatic N) is 1. The number of carbonyl (C=O) groups is 1. The van der Waals surface area contributed by atoms with Gasteiger partial charge in [-0.25, -0.2) is 0 Å². The quantitative estimate of drug-likeness (QED) is 0.919. The van der Waals surface area contributed by atoms with Crippen LogP contribution in [0.3, 0.4) is 0 Å². The molecule has 1 heterocycles. The monoisotopic (exact) mass is 320 g/mol. The van der Waals surface area contributed by atoms with Crippen LogP contribution < -0.4 is 5.32 Å². The number of rotatable bonds is 5. The van der Waals surface area contributed by atoms with Gasteiger partial charge in [0.15, 0.2) is 5.82 Å². The second-order valence-corrected chi connectivity index (χ2v) is 7.17. The summed E-state index contributed by atoms with van der Waals surface area (Å²) in [5.41, 5.74) is 3.21. The number of hydrogen-bond donors (Lipinski definition) is 1. The molecule has 118 valence electrons. The molecule has 5 nitrogen and oxygen atoms in total. The first-order valence-electron chi connectivity index (χ1n) is 7.04. The fourth-order valence-electron chi connectivity index (χ4n) is 2.01. The maximum Gasteiger partial charge on any atom is 0.241 e. The summed E-state index contributed by atoms with van der Waals surface area (Å²) in [5.74, 6) is 0.995. The van der Waals surface area contributed by atoms with Crippen LogP contribution in [-0.4, -0.2) is 20.5 Å². The summed E-state index contributed by atoms with van der Waals surface area (Å²) in [7, 11) is -1.30. The SMILES string of the molecule is Cc1ccc(C)c(C[S@@](=O)[C@@H](C)C(=O)Nc2cc(C)on2)c1. The summed E-state index contributed by atoms with van der Waals surface area (Å²) in [4.78, 5) is 12.1. The van der Waals surface area contributed by atoms with E-state index in [0.29, 0.717) is 17.3 Å². The van der Waals surface area contributed by atoms with Gasteiger partial charge in [-0.1, -0.05) is 28.9 Å². The van der Waals surface area contributed by atoms with Crippen molar-refractivity contribution in [3.05, 3.63) is 46.7 Å². The first-order chi connectivity index (χ1) is 10.4. The van der Waals surface area contributed by atoms with Gasteiger partial charge in [0.1, 0.15) is 11.0 Å². The predicted molar refractivity (Wildman–Crippen MR) is 87.1 cm³/mol. The molecule has 0 fully saturated rings. The zero-order chi connectivity index (χ0) is 16.3. The number of benzene rings is 1. The van der Waals surface area contributed by atoms with Crippen LogP contribution in [-0.2, 0) is 21.3 Å². The molecule has 0 unspecified atom stereocenters. The minimum absolute atomic E-state index is 0.322. The Balaban J connectivity index is 2.02. The van der Waals surface area contributed by atoms with E-state index in [9.17, 15) is 9.00 Å². The lowest BCUT2D eigenvalue weighted by Gasteiger charge is -2.12. The van der Waals surface area contributed by atoms with Crippen LogP contribution in [0.15, 0.2) is 28.8 Å². The molecule has 2 rings (SSSR count). The van der Waals surface area contributed by atoms with E-state index in [1.165, 1.54) is 0 Å². The molecule has 0 aliphatic heterocycles. The molecule has 6 heteroatoms. The minimum atomic E-state index is -1.30. The maximum absolute atomic E-state index is 12.4. The largest absolute Gasteiger partial charge is 0.360 e. The highest BCUT2D eigenvalue weighted by atomic mass is 32.2. The van der Waals surface area contributed by atoms with Gasteiger partial charge in [-0.3, -0.25) is 9.00 Å². The van der Waals surface area contributed by atoms with Gasteiger partial charge in [-0.15, -0.1) is 0 Å². The smallest absolute Gasteiger partial charge is 0.241 e. The van der Waals surface area contributed by atoms with Gasteiger partial charge >= 0.3 is 0 Å². The van der Waals surface area contributed by atoms with Crippen molar-refractivity contribution in [2.45, 2.75) is 38.7 Å². The van der Waals surface area contributed by atoms with Gasteiger partial charge in [-0.05, 0) is 38.8 Å². The third-order valence-electron chi connectivity index (χ3n) is 3.45. The zero-order valence-electron chi connectivity index (χ0n) is 13.2. The molecular formula is C16H20N2O3S. The van der Waals surface area contributed by atoms with E-state index in [-0.39, 0.29) is 5.91 Å². The first-order valence-corrected chi connectivity index (χ1v) is 8.42. The summed E-state index contributed by atoms with van der Waals surface area (Å²) in [6.07, 6.45) is 0. The lowest BCUT2D eigenvalue weighted by atomic mass is 10.1. The first kappa shape index (κ1) is 16.4. The third kappa shape index (κ3) is 4.04. The van der Waals surface area contributed by atoms with Crippen LogP contribution in [0.5, 0.6) is 0 Å². The average molecular weight is 320 g/mol. The summed E-state index contributed by atoms with van der Waals surface area (Å²) < 4.78 is 17.3. The Labute approximate surface area is 132 Å². The van der Waals surface area contributed by atoms with Gasteiger partial charge in [0.05, 0.1) is 0 Å². The standard InChI is InChI=1S/C16H20N2O3S/c1-10-5-6-11(2)14(7-10)9-22(20)13(4)16(19)17-15-8-12(3)21-18-15/h5-8,13H,9H2,1-4H3,(H,17,18,19)/t13-,22+/m0/s1. The van der Waals surface area contributed by atoms with Crippen LogP contribution in [0.2, 0.25) is 0 Å². The van der Waals surface area contributed by atoms with E-state index in [1.807, 2.05) is 32.0 Å². The zero-order valence-corrected chi connectivity index (χ0v) is 14.0. The van der Waals surface area contributed by atoms with E-state index < -0.39 is 16.0 Å². The molecule has 2 aromatic rings. The Bertz CT molecular complexity index is 709. The molecular weight excluding hydrogens is 300 g/mol. The van der Waals surface area contributed by atoms with E-state index in [1.54, 1.807) is 19.9 Å². The summed E-state index contributed by atoms with van der Waals surface area (Å²) in [6.45, 7) is 7.37. The summed E-state index contributed by atoms with van der Waals surface area (Å²) >= 11 is 0. The molecule has 0 saturated carbocycles. The van der Waals surface area contributed by atoms with Crippen molar-refractivity contribution < 1.29 is 13.5 Å². The molecule has 2 atom stereocenters. The van der Waals surface area contributed by atoms with Crippen molar-refractivity contribution >= 4 is 22.5 Å². The fraction of sp³-hybridized carbons (Fsp3) is 0.375. The highest BCUT2D eigenvalue weighted by Crippen LogP contribution is 2.16. The minimum Gasteiger partial charge on any atom is -0.360 e. The van der Waals surface area contributed by atoms with Crippen LogP contribution in [0.25, 0.3) is 0 Å². The van der Waals surface area contributed by atoms with Crippen LogP contribution >= 0.6 is 0 Å². The summed E-state index contributed by atoms with van der Waals surface area (Å²) in [5, 5.41) is 5.69. The molecule has 1 aromatic carbocycles. The maximum atomic E-state index is 12.4. The molecule has 1 amide bonds. The Kier molecular flexibility index (Phi) is 5.13. The topological polar surface area (TPSA) is 72.2 Å². The highest BCUT2D eigenvalue weighted by Gasteiger charge is 2.21. The number of hydrogen-bond acceptors (Lipinski definition) is 4. The lowest BCUT2D eigenvalue weighted by Crippen LogP contribution is -2.30. The molecule has 0 bridgehead atoms. The van der Waals surface area contributed by atoms with E-state index in [2.05, 4.69) is 10.5 Å². The van der Waals surface area contributed by atoms with Gasteiger partial charge in [-0.2, -0.15) is 0 Å². The molecule has 0 radical (unpaired) electrons. The van der Waals surface area contributed by atoms with Crippen molar-refractivity contribution in [2.75, 3.05) is 5.32 Å². The molecule has 1 aromatic heterocycles. The van der Waals surface area contributed by atoms with Gasteiger partial charge < -0.3 is 9.84 Å². The van der Waals surface area contributed by atoms with E-state index in [4.69, 9.17) is 4.52 Å². The number of carbonyl (C=O) groups excluding carboxylic acids is 1. The fourth-order valence-corrected chi connectivity index (χ4v) is 3.17. The summed E-state index contributed by atoms with van der Waals surface area (Å²) in [6, 6.07) is 7.66. The van der Waals surface area contributed by atoms with Gasteiger partial charge in [0.25, 0.3) is 0 Å². The van der Waals surface area contributed by atoms with Crippen molar-refractivity contribution in [2.24, 2.45) is 0 Å². The second kappa shape index (κ2) is 6.87. The Morgan fingerprint density at radius 1 is 1.32 bits per heavy atom. The molecule has 0 aliphatic rings. The number of aryl methyl sites for hydroxylation is 3. The molecule has 1 N–H and O–H groups in total. The number of aromatic nitrogens is 1. The molecule has 0 saturated heterocycles. The predicted octanol–water partition coefficient (Wildman–Crippen LogP) is 2.88. The highest BCUT2D eigenvalue weighted by molar-refractivity contribution is 7.85. The van der Waals surface area contributed by atoms with Gasteiger partial charge in [0.2, 0.25) is 5.91 Å². The Morgan fingerprint density at radius 3 is 2.68 bits per heavy atom. The Morgan fingerprint density at radius 2 is 2.05 bits per heavy atom. The van der Waals surface area contributed by atoms with Crippen LogP contribution in [0.4, 0.5) is 5.82 Å². The average Bonchev–Trinajstić information content (AvgIpc) is 2.87. The van der Waals surface area contributed by atoms with Crippen LogP contribution in [0, 0.1) is 20.8 Å². The third-order valence-corrected chi connectivity index (χ3v) is 5.04. The van der Waals surface area contributed by atoms with E-state index in [0.717, 1.165) is 16.7 Å². The lowest BCUT2D eigenvalue weighted by molar-refractivity contribution is -0.115. The number of amides is 1. The van der Waals surface area contributed by atoms with Gasteiger partial charge in [0, 0.05) is 22.6 Å². The second-order valence-electron chi connectivity index (χ2n) is 5.41. The van der Waals surface area contributed by atoms with Crippen molar-refractivity contribution in [1.29, 1.82) is 0 Å². The van der Waals surface area contributed by atoms with Crippen molar-refractivity contribution in [3.8, 4) is 0 Å². The molecule has 22 heavy (non-hydrogen) atoms. The normalized spacial score (nSPS) is 13.6. The number of anilines is 1. The van der Waals surface area contributed by atoms with E-state index >= 15 is 0 Å². The molecule has 0 spiro atoms. The van der Waals surface area contributed by atoms with Crippen molar-refractivity contribution in [3.63, 3.8) is 0 Å².